The molecule has 0 radical (unpaired) electrons. The number of thiol groups is 1. The van der Waals surface area contributed by atoms with Gasteiger partial charge >= 0.3 is 0 Å². The Morgan fingerprint density at radius 1 is 1.56 bits per heavy atom. The summed E-state index contributed by atoms with van der Waals surface area (Å²) < 4.78 is 0. The highest BCUT2D eigenvalue weighted by molar-refractivity contribution is 7.81. The van der Waals surface area contributed by atoms with Gasteiger partial charge in [0.25, 0.3) is 0 Å². The molecule has 2 heteroatoms. The zero-order chi connectivity index (χ0) is 6.85. The lowest BCUT2D eigenvalue weighted by molar-refractivity contribution is 0.460. The number of hydrogen-bond acceptors (Lipinski definition) is 2. The van der Waals surface area contributed by atoms with Gasteiger partial charge in [0, 0.05) is 11.3 Å². The molecule has 1 rings (SSSR count). The first-order valence-corrected chi connectivity index (χ1v) is 4.15. The van der Waals surface area contributed by atoms with Crippen LogP contribution in [-0.4, -0.2) is 17.8 Å². The van der Waals surface area contributed by atoms with E-state index in [0.717, 1.165) is 12.5 Å². The maximum absolute atomic E-state index is 4.46. The van der Waals surface area contributed by atoms with Crippen LogP contribution in [0.25, 0.3) is 0 Å². The van der Waals surface area contributed by atoms with Crippen LogP contribution in [0.2, 0.25) is 0 Å². The van der Waals surface area contributed by atoms with Crippen LogP contribution >= 0.6 is 12.6 Å². The summed E-state index contributed by atoms with van der Waals surface area (Å²) in [6, 6.07) is 0.647. The summed E-state index contributed by atoms with van der Waals surface area (Å²) in [7, 11) is 0. The molecule has 1 heterocycles. The second-order valence-corrected chi connectivity index (χ2v) is 3.74. The Labute approximate surface area is 62.6 Å². The van der Waals surface area contributed by atoms with E-state index in [-0.39, 0.29) is 0 Å². The third-order valence-electron chi connectivity index (χ3n) is 1.95. The van der Waals surface area contributed by atoms with Crippen LogP contribution in [0.4, 0.5) is 0 Å². The van der Waals surface area contributed by atoms with Gasteiger partial charge in [0.15, 0.2) is 0 Å². The lowest BCUT2D eigenvalue weighted by Crippen LogP contribution is -2.32. The molecule has 1 N–H and O–H groups in total. The second-order valence-electron chi connectivity index (χ2n) is 3.08. The molecule has 1 nitrogen and oxygen atoms in total. The molecule has 0 aromatic heterocycles. The fourth-order valence-corrected chi connectivity index (χ4v) is 1.97. The summed E-state index contributed by atoms with van der Waals surface area (Å²) in [5, 5.41) is 4.02. The third-order valence-corrected chi connectivity index (χ3v) is 2.53. The first-order valence-electron chi connectivity index (χ1n) is 3.63. The van der Waals surface area contributed by atoms with Gasteiger partial charge in [0.2, 0.25) is 0 Å². The van der Waals surface area contributed by atoms with Crippen molar-refractivity contribution in [3.05, 3.63) is 0 Å². The molecule has 0 aromatic carbocycles. The molecule has 1 fully saturated rings. The van der Waals surface area contributed by atoms with E-state index in [9.17, 15) is 0 Å². The van der Waals surface area contributed by atoms with E-state index in [1.807, 2.05) is 0 Å². The van der Waals surface area contributed by atoms with Gasteiger partial charge in [-0.25, -0.2) is 0 Å². The van der Waals surface area contributed by atoms with E-state index in [2.05, 4.69) is 31.8 Å². The zero-order valence-corrected chi connectivity index (χ0v) is 6.99. The van der Waals surface area contributed by atoms with Gasteiger partial charge in [-0.2, -0.15) is 12.6 Å². The van der Waals surface area contributed by atoms with Crippen molar-refractivity contribution in [2.75, 3.05) is 6.54 Å². The normalized spacial score (nSPS) is 36.0. The van der Waals surface area contributed by atoms with Crippen LogP contribution in [0, 0.1) is 5.92 Å². The van der Waals surface area contributed by atoms with Gasteiger partial charge in [0.1, 0.15) is 0 Å². The Morgan fingerprint density at radius 2 is 2.22 bits per heavy atom. The van der Waals surface area contributed by atoms with Crippen LogP contribution in [0.3, 0.4) is 0 Å². The van der Waals surface area contributed by atoms with Gasteiger partial charge in [0.05, 0.1) is 0 Å². The number of hydrogen-bond donors (Lipinski definition) is 2. The van der Waals surface area contributed by atoms with Crippen molar-refractivity contribution >= 4 is 12.6 Å². The average molecular weight is 145 g/mol. The molecule has 2 unspecified atom stereocenters. The predicted molar refractivity (Wildman–Crippen MR) is 44.0 cm³/mol. The Balaban J connectivity index is 2.40. The molecule has 0 aliphatic carbocycles. The quantitative estimate of drug-likeness (QED) is 0.530. The van der Waals surface area contributed by atoms with E-state index in [1.54, 1.807) is 0 Å². The van der Waals surface area contributed by atoms with Crippen molar-refractivity contribution in [1.82, 2.24) is 5.32 Å². The Hall–Kier alpha value is 0.310. The molecular weight excluding hydrogens is 130 g/mol. The van der Waals surface area contributed by atoms with Gasteiger partial charge in [-0.3, -0.25) is 0 Å². The molecule has 0 amide bonds. The average Bonchev–Trinajstić information content (AvgIpc) is 2.13. The van der Waals surface area contributed by atoms with E-state index in [4.69, 9.17) is 0 Å². The standard InChI is InChI=1S/C7H15NS/c1-5(2)7-6(9)3-4-8-7/h5-9H,3-4H2,1-2H3. The lowest BCUT2D eigenvalue weighted by Gasteiger charge is -2.18. The summed E-state index contributed by atoms with van der Waals surface area (Å²) in [4.78, 5) is 0. The molecular formula is C7H15NS. The first kappa shape index (κ1) is 7.42. The summed E-state index contributed by atoms with van der Waals surface area (Å²) in [6.07, 6.45) is 1.23. The summed E-state index contributed by atoms with van der Waals surface area (Å²) >= 11 is 4.46. The molecule has 2 atom stereocenters. The zero-order valence-electron chi connectivity index (χ0n) is 6.09. The van der Waals surface area contributed by atoms with E-state index < -0.39 is 0 Å². The Morgan fingerprint density at radius 3 is 2.44 bits per heavy atom. The van der Waals surface area contributed by atoms with Crippen molar-refractivity contribution in [1.29, 1.82) is 0 Å². The molecule has 0 aromatic rings. The highest BCUT2D eigenvalue weighted by Gasteiger charge is 2.25. The third kappa shape index (κ3) is 1.62. The van der Waals surface area contributed by atoms with Crippen LogP contribution in [0.15, 0.2) is 0 Å². The fraction of sp³-hybridized carbons (Fsp3) is 1.00. The smallest absolute Gasteiger partial charge is 0.0207 e. The second kappa shape index (κ2) is 2.93. The lowest BCUT2D eigenvalue weighted by atomic mass is 10.0. The van der Waals surface area contributed by atoms with Crippen molar-refractivity contribution in [3.63, 3.8) is 0 Å². The largest absolute Gasteiger partial charge is 0.313 e. The SMILES string of the molecule is CC(C)C1NCCC1S. The maximum Gasteiger partial charge on any atom is 0.0207 e. The number of rotatable bonds is 1. The minimum Gasteiger partial charge on any atom is -0.313 e. The highest BCUT2D eigenvalue weighted by Crippen LogP contribution is 2.19. The highest BCUT2D eigenvalue weighted by atomic mass is 32.1. The minimum atomic E-state index is 0.588. The molecule has 9 heavy (non-hydrogen) atoms. The van der Waals surface area contributed by atoms with Gasteiger partial charge in [-0.1, -0.05) is 13.8 Å². The molecule has 1 saturated heterocycles. The summed E-state index contributed by atoms with van der Waals surface area (Å²) in [5.74, 6) is 0.731. The van der Waals surface area contributed by atoms with E-state index in [0.29, 0.717) is 11.3 Å². The molecule has 1 aliphatic rings. The van der Waals surface area contributed by atoms with Crippen LogP contribution in [0.1, 0.15) is 20.3 Å². The molecule has 1 aliphatic heterocycles. The van der Waals surface area contributed by atoms with E-state index >= 15 is 0 Å². The van der Waals surface area contributed by atoms with Gasteiger partial charge < -0.3 is 5.32 Å². The minimum absolute atomic E-state index is 0.588. The van der Waals surface area contributed by atoms with Gasteiger partial charge in [-0.15, -0.1) is 0 Å². The van der Waals surface area contributed by atoms with Crippen LogP contribution in [0.5, 0.6) is 0 Å². The predicted octanol–water partition coefficient (Wildman–Crippen LogP) is 1.30. The van der Waals surface area contributed by atoms with Crippen molar-refractivity contribution in [2.45, 2.75) is 31.6 Å². The van der Waals surface area contributed by atoms with Crippen LogP contribution in [-0.2, 0) is 0 Å². The summed E-state index contributed by atoms with van der Waals surface area (Å²) in [5.41, 5.74) is 0. The van der Waals surface area contributed by atoms with E-state index in [1.165, 1.54) is 6.42 Å². The maximum atomic E-state index is 4.46. The monoisotopic (exact) mass is 145 g/mol. The first-order chi connectivity index (χ1) is 4.22. The fourth-order valence-electron chi connectivity index (χ4n) is 1.39. The molecule has 54 valence electrons. The number of nitrogens with one attached hydrogen (secondary N) is 1. The molecule has 0 bridgehead atoms. The Bertz CT molecular complexity index is 92.9. The topological polar surface area (TPSA) is 12.0 Å². The van der Waals surface area contributed by atoms with Crippen molar-refractivity contribution in [2.24, 2.45) is 5.92 Å². The van der Waals surface area contributed by atoms with Crippen LogP contribution < -0.4 is 5.32 Å². The summed E-state index contributed by atoms with van der Waals surface area (Å²) in [6.45, 7) is 5.63. The Kier molecular flexibility index (Phi) is 2.42. The van der Waals surface area contributed by atoms with Crippen molar-refractivity contribution in [3.8, 4) is 0 Å². The van der Waals surface area contributed by atoms with Gasteiger partial charge in [-0.05, 0) is 18.9 Å². The van der Waals surface area contributed by atoms with Crippen molar-refractivity contribution < 1.29 is 0 Å². The molecule has 0 spiro atoms. The molecule has 0 saturated carbocycles.